The average molecular weight is 480 g/mol. The molecule has 1 saturated heterocycles. The molecular formula is C27H29N9. The van der Waals surface area contributed by atoms with E-state index in [2.05, 4.69) is 69.2 Å². The van der Waals surface area contributed by atoms with Crippen LogP contribution in [-0.2, 0) is 7.05 Å². The highest BCUT2D eigenvalue weighted by Gasteiger charge is 2.23. The molecule has 0 N–H and O–H groups in total. The lowest BCUT2D eigenvalue weighted by Gasteiger charge is -2.35. The molecule has 0 spiro atoms. The van der Waals surface area contributed by atoms with E-state index < -0.39 is 0 Å². The van der Waals surface area contributed by atoms with Crippen LogP contribution in [0, 0.1) is 6.92 Å². The molecule has 1 aliphatic heterocycles. The van der Waals surface area contributed by atoms with Crippen molar-refractivity contribution in [2.75, 3.05) is 36.0 Å². The summed E-state index contributed by atoms with van der Waals surface area (Å²) in [7, 11) is 1.92. The summed E-state index contributed by atoms with van der Waals surface area (Å²) in [5.41, 5.74) is 6.81. The summed E-state index contributed by atoms with van der Waals surface area (Å²) in [6, 6.07) is 10.8. The summed E-state index contributed by atoms with van der Waals surface area (Å²) in [6.45, 7) is 7.65. The van der Waals surface area contributed by atoms with Crippen LogP contribution in [0.4, 0.5) is 11.8 Å². The van der Waals surface area contributed by atoms with Crippen LogP contribution in [0.25, 0.3) is 16.6 Å². The molecule has 1 aromatic carbocycles. The molecule has 0 amide bonds. The van der Waals surface area contributed by atoms with Crippen molar-refractivity contribution in [1.29, 1.82) is 0 Å². The topological polar surface area (TPSA) is 80.3 Å². The van der Waals surface area contributed by atoms with Crippen LogP contribution in [0.3, 0.4) is 0 Å². The van der Waals surface area contributed by atoms with E-state index in [4.69, 9.17) is 9.97 Å². The molecule has 6 rings (SSSR count). The molecule has 4 aromatic heterocycles. The Morgan fingerprint density at radius 3 is 2.19 bits per heavy atom. The standard InChI is InChI=1S/C27H29N9/c1-19-4-6-21(7-5-19)20(2)23-13-28-27(29-14-23)35-10-8-34(9-11-35)26-25-12-22(17-36(25)32-18-30-26)24-15-31-33(3)16-24/h4-7,12-18,20H,8-11H2,1-3H3/t20-/m1/s1. The van der Waals surface area contributed by atoms with Crippen molar-refractivity contribution < 1.29 is 0 Å². The van der Waals surface area contributed by atoms with Crippen molar-refractivity contribution in [3.63, 3.8) is 0 Å². The largest absolute Gasteiger partial charge is 0.351 e. The fourth-order valence-corrected chi connectivity index (χ4v) is 4.77. The zero-order chi connectivity index (χ0) is 24.6. The van der Waals surface area contributed by atoms with Crippen molar-refractivity contribution in [3.05, 3.63) is 84.3 Å². The minimum Gasteiger partial charge on any atom is -0.351 e. The molecule has 0 bridgehead atoms. The van der Waals surface area contributed by atoms with E-state index >= 15 is 0 Å². The van der Waals surface area contributed by atoms with Crippen LogP contribution in [-0.4, -0.2) is 60.5 Å². The average Bonchev–Trinajstić information content (AvgIpc) is 3.55. The molecule has 1 aliphatic rings. The highest BCUT2D eigenvalue weighted by Crippen LogP contribution is 2.28. The van der Waals surface area contributed by atoms with E-state index in [1.165, 1.54) is 11.1 Å². The first-order valence-electron chi connectivity index (χ1n) is 12.3. The number of aromatic nitrogens is 7. The van der Waals surface area contributed by atoms with Crippen LogP contribution < -0.4 is 9.80 Å². The zero-order valence-corrected chi connectivity index (χ0v) is 20.8. The van der Waals surface area contributed by atoms with Gasteiger partial charge in [-0.05, 0) is 24.1 Å². The number of anilines is 2. The Kier molecular flexibility index (Phi) is 5.59. The normalized spacial score (nSPS) is 15.0. The maximum Gasteiger partial charge on any atom is 0.225 e. The number of nitrogens with zero attached hydrogens (tertiary/aromatic N) is 9. The third-order valence-electron chi connectivity index (χ3n) is 7.02. The van der Waals surface area contributed by atoms with Gasteiger partial charge in [0.1, 0.15) is 11.8 Å². The molecule has 9 heteroatoms. The van der Waals surface area contributed by atoms with Gasteiger partial charge in [-0.2, -0.15) is 10.2 Å². The van der Waals surface area contributed by atoms with E-state index in [9.17, 15) is 0 Å². The van der Waals surface area contributed by atoms with Crippen molar-refractivity contribution in [2.24, 2.45) is 7.05 Å². The first kappa shape index (κ1) is 22.2. The Balaban J connectivity index is 1.15. The van der Waals surface area contributed by atoms with Crippen LogP contribution in [0.2, 0.25) is 0 Å². The second kappa shape index (κ2) is 9.07. The van der Waals surface area contributed by atoms with Gasteiger partial charge in [-0.25, -0.2) is 19.5 Å². The van der Waals surface area contributed by atoms with Gasteiger partial charge in [0.15, 0.2) is 5.82 Å². The summed E-state index contributed by atoms with van der Waals surface area (Å²) in [6.07, 6.45) is 11.5. The van der Waals surface area contributed by atoms with Gasteiger partial charge in [-0.15, -0.1) is 0 Å². The monoisotopic (exact) mass is 479 g/mol. The molecule has 0 radical (unpaired) electrons. The third-order valence-corrected chi connectivity index (χ3v) is 7.02. The van der Waals surface area contributed by atoms with Crippen molar-refractivity contribution in [2.45, 2.75) is 19.8 Å². The molecule has 0 unspecified atom stereocenters. The van der Waals surface area contributed by atoms with Gasteiger partial charge in [0.2, 0.25) is 5.95 Å². The summed E-state index contributed by atoms with van der Waals surface area (Å²) >= 11 is 0. The molecule has 1 atom stereocenters. The number of hydrogen-bond acceptors (Lipinski definition) is 7. The Morgan fingerprint density at radius 1 is 0.778 bits per heavy atom. The second-order valence-electron chi connectivity index (χ2n) is 9.47. The first-order chi connectivity index (χ1) is 17.5. The molecule has 182 valence electrons. The van der Waals surface area contributed by atoms with Gasteiger partial charge in [-0.1, -0.05) is 36.8 Å². The molecule has 5 aromatic rings. The zero-order valence-electron chi connectivity index (χ0n) is 20.8. The molecule has 5 heterocycles. The maximum absolute atomic E-state index is 4.71. The summed E-state index contributed by atoms with van der Waals surface area (Å²) in [5, 5.41) is 8.71. The number of rotatable bonds is 5. The number of hydrogen-bond donors (Lipinski definition) is 0. The fraction of sp³-hybridized carbons (Fsp3) is 0.296. The van der Waals surface area contributed by atoms with Crippen LogP contribution >= 0.6 is 0 Å². The number of piperazine rings is 1. The minimum absolute atomic E-state index is 0.260. The molecule has 0 aliphatic carbocycles. The van der Waals surface area contributed by atoms with Crippen molar-refractivity contribution >= 4 is 17.3 Å². The Hall–Kier alpha value is -4.27. The maximum atomic E-state index is 4.71. The SMILES string of the molecule is Cc1ccc([C@@H](C)c2cnc(N3CCN(c4ncnn5cc(-c6cnn(C)c6)cc45)CC3)nc2)cc1. The second-order valence-corrected chi connectivity index (χ2v) is 9.47. The molecule has 1 fully saturated rings. The van der Waals surface area contributed by atoms with Gasteiger partial charge in [0, 0.05) is 75.1 Å². The lowest BCUT2D eigenvalue weighted by Crippen LogP contribution is -2.47. The molecular weight excluding hydrogens is 450 g/mol. The Bertz CT molecular complexity index is 1480. The highest BCUT2D eigenvalue weighted by molar-refractivity contribution is 5.77. The van der Waals surface area contributed by atoms with Crippen molar-refractivity contribution in [3.8, 4) is 11.1 Å². The first-order valence-corrected chi connectivity index (χ1v) is 12.3. The Labute approximate surface area is 210 Å². The van der Waals surface area contributed by atoms with E-state index in [0.29, 0.717) is 0 Å². The third kappa shape index (κ3) is 4.17. The van der Waals surface area contributed by atoms with Gasteiger partial charge in [-0.3, -0.25) is 4.68 Å². The summed E-state index contributed by atoms with van der Waals surface area (Å²) in [4.78, 5) is 18.6. The molecule has 0 saturated carbocycles. The highest BCUT2D eigenvalue weighted by atomic mass is 15.4. The Morgan fingerprint density at radius 2 is 1.50 bits per heavy atom. The van der Waals surface area contributed by atoms with Gasteiger partial charge in [0.25, 0.3) is 0 Å². The minimum atomic E-state index is 0.260. The molecule has 36 heavy (non-hydrogen) atoms. The molecule has 9 nitrogen and oxygen atoms in total. The fourth-order valence-electron chi connectivity index (χ4n) is 4.77. The van der Waals surface area contributed by atoms with Crippen LogP contribution in [0.5, 0.6) is 0 Å². The van der Waals surface area contributed by atoms with E-state index in [-0.39, 0.29) is 5.92 Å². The predicted molar refractivity (Wildman–Crippen MR) is 140 cm³/mol. The number of benzene rings is 1. The summed E-state index contributed by atoms with van der Waals surface area (Å²) in [5.74, 6) is 1.99. The lowest BCUT2D eigenvalue weighted by atomic mass is 9.95. The van der Waals surface area contributed by atoms with E-state index in [1.54, 1.807) is 11.0 Å². The predicted octanol–water partition coefficient (Wildman–Crippen LogP) is 3.71. The quantitative estimate of drug-likeness (QED) is 0.380. The van der Waals surface area contributed by atoms with E-state index in [1.807, 2.05) is 42.5 Å². The number of aryl methyl sites for hydroxylation is 2. The van der Waals surface area contributed by atoms with Crippen LogP contribution in [0.1, 0.15) is 29.5 Å². The van der Waals surface area contributed by atoms with Crippen molar-refractivity contribution in [1.82, 2.24) is 34.3 Å². The number of fused-ring (bicyclic) bond motifs is 1. The lowest BCUT2D eigenvalue weighted by molar-refractivity contribution is 0.632. The smallest absolute Gasteiger partial charge is 0.225 e. The van der Waals surface area contributed by atoms with Gasteiger partial charge < -0.3 is 9.80 Å². The summed E-state index contributed by atoms with van der Waals surface area (Å²) < 4.78 is 3.70. The van der Waals surface area contributed by atoms with Crippen LogP contribution in [0.15, 0.2) is 67.6 Å². The van der Waals surface area contributed by atoms with Gasteiger partial charge in [0.05, 0.1) is 6.20 Å². The van der Waals surface area contributed by atoms with Gasteiger partial charge >= 0.3 is 0 Å². The van der Waals surface area contributed by atoms with E-state index in [0.717, 1.165) is 60.2 Å².